The van der Waals surface area contributed by atoms with Crippen LogP contribution in [0.25, 0.3) is 11.5 Å². The van der Waals surface area contributed by atoms with Gasteiger partial charge in [-0.05, 0) is 26.0 Å². The van der Waals surface area contributed by atoms with Crippen molar-refractivity contribution in [2.45, 2.75) is 33.2 Å². The molecule has 0 unspecified atom stereocenters. The van der Waals surface area contributed by atoms with Gasteiger partial charge in [0.05, 0.1) is 5.69 Å². The molecular weight excluding hydrogens is 246 g/mol. The van der Waals surface area contributed by atoms with Gasteiger partial charge in [-0.25, -0.2) is 0 Å². The Morgan fingerprint density at radius 3 is 2.84 bits per heavy atom. The first-order valence-electron chi connectivity index (χ1n) is 5.95. The highest BCUT2D eigenvalue weighted by molar-refractivity contribution is 5.73. The van der Waals surface area contributed by atoms with Crippen LogP contribution in [0.4, 0.5) is 0 Å². The van der Waals surface area contributed by atoms with Crippen molar-refractivity contribution in [3.8, 4) is 11.5 Å². The first-order chi connectivity index (χ1) is 9.04. The van der Waals surface area contributed by atoms with Gasteiger partial charge >= 0.3 is 0 Å². The predicted octanol–water partition coefficient (Wildman–Crippen LogP) is 0.902. The van der Waals surface area contributed by atoms with E-state index in [1.54, 1.807) is 6.07 Å². The molecule has 7 heteroatoms. The molecule has 0 radical (unpaired) electrons. The standard InChI is InChI=1S/C12H15N5O2/c1-7-4-5-10(16-15-7)12-14-11(19-17-12)6-8(2)13-9(3)18/h4-5,8H,6H2,1-3H3,(H,13,18)/t8-/m0/s1. The number of carbonyl (C=O) groups is 1. The molecular formula is C12H15N5O2. The maximum absolute atomic E-state index is 10.9. The Hall–Kier alpha value is -2.31. The second-order valence-corrected chi connectivity index (χ2v) is 4.38. The summed E-state index contributed by atoms with van der Waals surface area (Å²) < 4.78 is 5.12. The molecule has 1 N–H and O–H groups in total. The van der Waals surface area contributed by atoms with Crippen LogP contribution in [0, 0.1) is 6.92 Å². The molecule has 0 fully saturated rings. The second kappa shape index (κ2) is 5.55. The van der Waals surface area contributed by atoms with Gasteiger partial charge in [0, 0.05) is 19.4 Å². The number of hydrogen-bond donors (Lipinski definition) is 1. The van der Waals surface area contributed by atoms with Crippen molar-refractivity contribution in [3.05, 3.63) is 23.7 Å². The molecule has 0 aliphatic rings. The highest BCUT2D eigenvalue weighted by Gasteiger charge is 2.13. The number of aromatic nitrogens is 4. The Morgan fingerprint density at radius 1 is 1.42 bits per heavy atom. The molecule has 7 nitrogen and oxygen atoms in total. The van der Waals surface area contributed by atoms with Gasteiger partial charge in [0.1, 0.15) is 5.69 Å². The molecule has 0 aliphatic heterocycles. The van der Waals surface area contributed by atoms with Crippen LogP contribution in [0.5, 0.6) is 0 Å². The van der Waals surface area contributed by atoms with Gasteiger partial charge in [0.15, 0.2) is 0 Å². The quantitative estimate of drug-likeness (QED) is 0.878. The van der Waals surface area contributed by atoms with Crippen LogP contribution in [0.15, 0.2) is 16.7 Å². The van der Waals surface area contributed by atoms with E-state index in [-0.39, 0.29) is 11.9 Å². The number of carbonyl (C=O) groups excluding carboxylic acids is 1. The molecule has 2 heterocycles. The fourth-order valence-electron chi connectivity index (χ4n) is 1.62. The molecule has 0 saturated carbocycles. The summed E-state index contributed by atoms with van der Waals surface area (Å²) in [5, 5.41) is 14.5. The zero-order valence-corrected chi connectivity index (χ0v) is 11.0. The molecule has 1 amide bonds. The van der Waals surface area contributed by atoms with Crippen LogP contribution in [-0.2, 0) is 11.2 Å². The van der Waals surface area contributed by atoms with Crippen molar-refractivity contribution in [1.29, 1.82) is 0 Å². The minimum atomic E-state index is -0.0864. The molecule has 0 aliphatic carbocycles. The monoisotopic (exact) mass is 261 g/mol. The first-order valence-corrected chi connectivity index (χ1v) is 5.95. The lowest BCUT2D eigenvalue weighted by atomic mass is 10.2. The third-order valence-corrected chi connectivity index (χ3v) is 2.43. The third-order valence-electron chi connectivity index (χ3n) is 2.43. The maximum Gasteiger partial charge on any atom is 0.229 e. The Labute approximate surface area is 110 Å². The van der Waals surface area contributed by atoms with Gasteiger partial charge in [0.25, 0.3) is 0 Å². The van der Waals surface area contributed by atoms with Gasteiger partial charge in [0.2, 0.25) is 17.6 Å². The molecule has 100 valence electrons. The topological polar surface area (TPSA) is 93.8 Å². The number of nitrogens with one attached hydrogen (secondary N) is 1. The first kappa shape index (κ1) is 13.1. The molecule has 2 aromatic heterocycles. The third kappa shape index (κ3) is 3.57. The van der Waals surface area contributed by atoms with Crippen molar-refractivity contribution < 1.29 is 9.32 Å². The van der Waals surface area contributed by atoms with E-state index in [1.165, 1.54) is 6.92 Å². The fraction of sp³-hybridized carbons (Fsp3) is 0.417. The van der Waals surface area contributed by atoms with Gasteiger partial charge in [-0.3, -0.25) is 4.79 Å². The predicted molar refractivity (Wildman–Crippen MR) is 67.0 cm³/mol. The Balaban J connectivity index is 2.06. The summed E-state index contributed by atoms with van der Waals surface area (Å²) in [5.41, 5.74) is 1.39. The lowest BCUT2D eigenvalue weighted by molar-refractivity contribution is -0.119. The smallest absolute Gasteiger partial charge is 0.229 e. The molecule has 1 atom stereocenters. The number of rotatable bonds is 4. The molecule has 19 heavy (non-hydrogen) atoms. The summed E-state index contributed by atoms with van der Waals surface area (Å²) >= 11 is 0. The van der Waals surface area contributed by atoms with Gasteiger partial charge < -0.3 is 9.84 Å². The van der Waals surface area contributed by atoms with E-state index < -0.39 is 0 Å². The van der Waals surface area contributed by atoms with Gasteiger partial charge in [-0.1, -0.05) is 5.16 Å². The average molecular weight is 261 g/mol. The summed E-state index contributed by atoms with van der Waals surface area (Å²) in [7, 11) is 0. The van der Waals surface area contributed by atoms with E-state index in [4.69, 9.17) is 4.52 Å². The minimum absolute atomic E-state index is 0.0603. The fourth-order valence-corrected chi connectivity index (χ4v) is 1.62. The zero-order chi connectivity index (χ0) is 13.8. The highest BCUT2D eigenvalue weighted by atomic mass is 16.5. The van der Waals surface area contributed by atoms with Crippen LogP contribution >= 0.6 is 0 Å². The highest BCUT2D eigenvalue weighted by Crippen LogP contribution is 2.12. The SMILES string of the molecule is CC(=O)N[C@@H](C)Cc1nc(-c2ccc(C)nn2)no1. The lowest BCUT2D eigenvalue weighted by Gasteiger charge is -2.08. The average Bonchev–Trinajstić information content (AvgIpc) is 2.77. The summed E-state index contributed by atoms with van der Waals surface area (Å²) in [5.74, 6) is 0.771. The van der Waals surface area contributed by atoms with Crippen LogP contribution < -0.4 is 5.32 Å². The van der Waals surface area contributed by atoms with Crippen molar-refractivity contribution in [3.63, 3.8) is 0 Å². The normalized spacial score (nSPS) is 12.2. The molecule has 2 aromatic rings. The van der Waals surface area contributed by atoms with Gasteiger partial charge in [-0.2, -0.15) is 10.1 Å². The van der Waals surface area contributed by atoms with Crippen LogP contribution in [0.3, 0.4) is 0 Å². The number of aryl methyl sites for hydroxylation is 1. The minimum Gasteiger partial charge on any atom is -0.353 e. The summed E-state index contributed by atoms with van der Waals surface area (Å²) in [6, 6.07) is 3.56. The summed E-state index contributed by atoms with van der Waals surface area (Å²) in [6.45, 7) is 5.20. The molecule has 0 saturated heterocycles. The van der Waals surface area contributed by atoms with E-state index >= 15 is 0 Å². The van der Waals surface area contributed by atoms with E-state index in [1.807, 2.05) is 19.9 Å². The van der Waals surface area contributed by atoms with E-state index in [2.05, 4.69) is 25.7 Å². The second-order valence-electron chi connectivity index (χ2n) is 4.38. The van der Waals surface area contributed by atoms with Crippen LogP contribution in [0.2, 0.25) is 0 Å². The molecule has 0 bridgehead atoms. The zero-order valence-electron chi connectivity index (χ0n) is 11.0. The Morgan fingerprint density at radius 2 is 2.21 bits per heavy atom. The van der Waals surface area contributed by atoms with E-state index in [0.717, 1.165) is 5.69 Å². The largest absolute Gasteiger partial charge is 0.353 e. The molecule has 2 rings (SSSR count). The van der Waals surface area contributed by atoms with Crippen LogP contribution in [-0.4, -0.2) is 32.3 Å². The van der Waals surface area contributed by atoms with Crippen LogP contribution in [0.1, 0.15) is 25.4 Å². The van der Waals surface area contributed by atoms with E-state index in [0.29, 0.717) is 23.8 Å². The van der Waals surface area contributed by atoms with Gasteiger partial charge in [-0.15, -0.1) is 5.10 Å². The number of nitrogens with zero attached hydrogens (tertiary/aromatic N) is 4. The summed E-state index contributed by atoms with van der Waals surface area (Å²) in [4.78, 5) is 15.1. The molecule has 0 spiro atoms. The lowest BCUT2D eigenvalue weighted by Crippen LogP contribution is -2.32. The number of amides is 1. The van der Waals surface area contributed by atoms with Crippen molar-refractivity contribution in [1.82, 2.24) is 25.7 Å². The maximum atomic E-state index is 10.9. The summed E-state index contributed by atoms with van der Waals surface area (Å²) in [6.07, 6.45) is 0.478. The van der Waals surface area contributed by atoms with Crippen molar-refractivity contribution in [2.24, 2.45) is 0 Å². The Bertz CT molecular complexity index is 564. The van der Waals surface area contributed by atoms with E-state index in [9.17, 15) is 4.79 Å². The van der Waals surface area contributed by atoms with Crippen molar-refractivity contribution in [2.75, 3.05) is 0 Å². The number of hydrogen-bond acceptors (Lipinski definition) is 6. The van der Waals surface area contributed by atoms with Crippen molar-refractivity contribution >= 4 is 5.91 Å². The molecule has 0 aromatic carbocycles. The Kier molecular flexibility index (Phi) is 3.84.